The van der Waals surface area contributed by atoms with E-state index >= 15 is 4.39 Å². The van der Waals surface area contributed by atoms with Crippen molar-refractivity contribution in [2.45, 2.75) is 6.92 Å². The molecule has 1 fully saturated rings. The molecule has 11 nitrogen and oxygen atoms in total. The summed E-state index contributed by atoms with van der Waals surface area (Å²) in [5.74, 6) is 0.755. The number of benzene rings is 2. The third kappa shape index (κ3) is 5.88. The molecule has 6 rings (SSSR count). The molecule has 0 atom stereocenters. The minimum atomic E-state index is -0.650. The molecule has 12 heteroatoms. The van der Waals surface area contributed by atoms with Crippen LogP contribution in [0.25, 0.3) is 33.7 Å². The summed E-state index contributed by atoms with van der Waals surface area (Å²) in [5, 5.41) is 7.81. The SMILES string of the molecule is CC(=O)Nc1ccc(NC(=O)Nc2ccc(-c3nc(N4CCOCC4)c4ncc(-c5ccco5)cc4n3)cc2F)cc1. The molecule has 1 aliphatic heterocycles. The maximum atomic E-state index is 15.2. The molecule has 0 radical (unpaired) electrons. The number of hydrogen-bond acceptors (Lipinski definition) is 8. The average molecular weight is 568 g/mol. The monoisotopic (exact) mass is 567 g/mol. The Balaban J connectivity index is 1.26. The van der Waals surface area contributed by atoms with Crippen LogP contribution in [0.4, 0.5) is 32.1 Å². The molecule has 3 aromatic heterocycles. The lowest BCUT2D eigenvalue weighted by Gasteiger charge is -2.28. The number of aromatic nitrogens is 3. The molecule has 4 heterocycles. The van der Waals surface area contributed by atoms with Gasteiger partial charge in [-0.1, -0.05) is 0 Å². The summed E-state index contributed by atoms with van der Waals surface area (Å²) < 4.78 is 26.3. The van der Waals surface area contributed by atoms with Gasteiger partial charge in [-0.2, -0.15) is 0 Å². The van der Waals surface area contributed by atoms with Crippen LogP contribution in [0.1, 0.15) is 6.92 Å². The number of fused-ring (bicyclic) bond motifs is 1. The number of carbonyl (C=O) groups is 2. The fourth-order valence-corrected chi connectivity index (χ4v) is 4.59. The number of furan rings is 1. The number of rotatable bonds is 6. The summed E-state index contributed by atoms with van der Waals surface area (Å²) >= 11 is 0. The van der Waals surface area contributed by atoms with Gasteiger partial charge in [-0.05, 0) is 60.7 Å². The van der Waals surface area contributed by atoms with Crippen molar-refractivity contribution >= 4 is 45.9 Å². The van der Waals surface area contributed by atoms with E-state index in [1.54, 1.807) is 48.9 Å². The number of anilines is 4. The lowest BCUT2D eigenvalue weighted by molar-refractivity contribution is -0.114. The Kier molecular flexibility index (Phi) is 7.43. The molecule has 1 saturated heterocycles. The van der Waals surface area contributed by atoms with Crippen LogP contribution in [0.5, 0.6) is 0 Å². The fraction of sp³-hybridized carbons (Fsp3) is 0.167. The quantitative estimate of drug-likeness (QED) is 0.244. The first-order valence-electron chi connectivity index (χ1n) is 13.2. The van der Waals surface area contributed by atoms with Gasteiger partial charge in [-0.3, -0.25) is 4.79 Å². The molecule has 212 valence electrons. The predicted octanol–water partition coefficient (Wildman–Crippen LogP) is 5.53. The molecule has 42 heavy (non-hydrogen) atoms. The van der Waals surface area contributed by atoms with Crippen LogP contribution in [0.15, 0.2) is 77.5 Å². The number of pyridine rings is 1. The van der Waals surface area contributed by atoms with Crippen molar-refractivity contribution in [3.8, 4) is 22.7 Å². The number of urea groups is 1. The van der Waals surface area contributed by atoms with Gasteiger partial charge in [-0.15, -0.1) is 0 Å². The lowest BCUT2D eigenvalue weighted by atomic mass is 10.1. The highest BCUT2D eigenvalue weighted by Crippen LogP contribution is 2.31. The van der Waals surface area contributed by atoms with Crippen LogP contribution >= 0.6 is 0 Å². The third-order valence-electron chi connectivity index (χ3n) is 6.57. The molecule has 3 amide bonds. The second kappa shape index (κ2) is 11.6. The molecule has 1 aliphatic rings. The normalized spacial score (nSPS) is 13.1. The van der Waals surface area contributed by atoms with Crippen molar-refractivity contribution in [1.82, 2.24) is 15.0 Å². The van der Waals surface area contributed by atoms with Crippen LogP contribution in [0.3, 0.4) is 0 Å². The Hall–Kier alpha value is -5.36. The Morgan fingerprint density at radius 2 is 1.67 bits per heavy atom. The standard InChI is InChI=1S/C30H26FN7O4/c1-18(39)33-21-5-7-22(8-6-21)34-30(40)36-24-9-4-19(15-23(24)31)28-35-25-16-20(26-3-2-12-42-26)17-32-27(25)29(37-28)38-10-13-41-14-11-38/h2-9,12,15-17H,10-11,13-14H2,1H3,(H,33,39)(H2,34,36,40). The van der Waals surface area contributed by atoms with E-state index in [0.717, 1.165) is 5.56 Å². The van der Waals surface area contributed by atoms with Crippen LogP contribution < -0.4 is 20.9 Å². The van der Waals surface area contributed by atoms with E-state index < -0.39 is 11.8 Å². The van der Waals surface area contributed by atoms with Crippen molar-refractivity contribution in [2.75, 3.05) is 47.2 Å². The first-order valence-corrected chi connectivity index (χ1v) is 13.2. The zero-order valence-electron chi connectivity index (χ0n) is 22.6. The summed E-state index contributed by atoms with van der Waals surface area (Å²) in [7, 11) is 0. The molecule has 3 N–H and O–H groups in total. The first kappa shape index (κ1) is 26.8. The van der Waals surface area contributed by atoms with Gasteiger partial charge in [0, 0.05) is 48.7 Å². The molecule has 0 saturated carbocycles. The van der Waals surface area contributed by atoms with Crippen LogP contribution in [0.2, 0.25) is 0 Å². The van der Waals surface area contributed by atoms with Gasteiger partial charge in [0.15, 0.2) is 11.6 Å². The summed E-state index contributed by atoms with van der Waals surface area (Å²) in [6.07, 6.45) is 3.31. The van der Waals surface area contributed by atoms with Gasteiger partial charge in [0.05, 0.1) is 30.7 Å². The fourth-order valence-electron chi connectivity index (χ4n) is 4.59. The summed E-state index contributed by atoms with van der Waals surface area (Å²) in [6.45, 7) is 3.79. The maximum Gasteiger partial charge on any atom is 0.323 e. The highest BCUT2D eigenvalue weighted by atomic mass is 19.1. The number of morpholine rings is 1. The first-order chi connectivity index (χ1) is 20.4. The Morgan fingerprint density at radius 3 is 2.36 bits per heavy atom. The van der Waals surface area contributed by atoms with Crippen molar-refractivity contribution in [3.05, 3.63) is 78.9 Å². The number of nitrogens with zero attached hydrogens (tertiary/aromatic N) is 4. The zero-order chi connectivity index (χ0) is 29.1. The van der Waals surface area contributed by atoms with Gasteiger partial charge < -0.3 is 30.0 Å². The number of halogens is 1. The molecule has 0 aliphatic carbocycles. The van der Waals surface area contributed by atoms with E-state index in [4.69, 9.17) is 19.1 Å². The minimum Gasteiger partial charge on any atom is -0.464 e. The van der Waals surface area contributed by atoms with E-state index in [2.05, 4.69) is 25.8 Å². The van der Waals surface area contributed by atoms with Gasteiger partial charge in [0.2, 0.25) is 5.91 Å². The second-order valence-electron chi connectivity index (χ2n) is 9.57. The summed E-state index contributed by atoms with van der Waals surface area (Å²) in [4.78, 5) is 39.9. The minimum absolute atomic E-state index is 0.0120. The van der Waals surface area contributed by atoms with E-state index in [1.807, 2.05) is 12.1 Å². The van der Waals surface area contributed by atoms with Crippen LogP contribution in [-0.4, -0.2) is 53.2 Å². The largest absolute Gasteiger partial charge is 0.464 e. The molecule has 0 bridgehead atoms. The number of carbonyl (C=O) groups excluding carboxylic acids is 2. The van der Waals surface area contributed by atoms with Gasteiger partial charge in [-0.25, -0.2) is 24.1 Å². The van der Waals surface area contributed by atoms with Crippen molar-refractivity contribution in [3.63, 3.8) is 0 Å². The number of nitrogens with one attached hydrogen (secondary N) is 3. The number of amides is 3. The van der Waals surface area contributed by atoms with Crippen molar-refractivity contribution in [1.29, 1.82) is 0 Å². The highest BCUT2D eigenvalue weighted by molar-refractivity contribution is 6.00. The zero-order valence-corrected chi connectivity index (χ0v) is 22.6. The Morgan fingerprint density at radius 1 is 0.905 bits per heavy atom. The smallest absolute Gasteiger partial charge is 0.323 e. The lowest BCUT2D eigenvalue weighted by Crippen LogP contribution is -2.37. The molecular formula is C30H26FN7O4. The number of ether oxygens (including phenoxy) is 1. The second-order valence-corrected chi connectivity index (χ2v) is 9.57. The van der Waals surface area contributed by atoms with Gasteiger partial charge >= 0.3 is 6.03 Å². The highest BCUT2D eigenvalue weighted by Gasteiger charge is 2.20. The van der Waals surface area contributed by atoms with E-state index in [1.165, 1.54) is 19.1 Å². The van der Waals surface area contributed by atoms with Crippen molar-refractivity contribution in [2.24, 2.45) is 0 Å². The average Bonchev–Trinajstić information content (AvgIpc) is 3.54. The molecule has 2 aromatic carbocycles. The molecule has 0 unspecified atom stereocenters. The topological polar surface area (TPSA) is 135 Å². The summed E-state index contributed by atoms with van der Waals surface area (Å²) in [5.41, 5.74) is 3.45. The molecule has 0 spiro atoms. The van der Waals surface area contributed by atoms with Gasteiger partial charge in [0.1, 0.15) is 17.1 Å². The predicted molar refractivity (Wildman–Crippen MR) is 157 cm³/mol. The van der Waals surface area contributed by atoms with Crippen LogP contribution in [0, 0.1) is 5.82 Å². The molecule has 5 aromatic rings. The van der Waals surface area contributed by atoms with Crippen LogP contribution in [-0.2, 0) is 9.53 Å². The number of hydrogen-bond donors (Lipinski definition) is 3. The van der Waals surface area contributed by atoms with Crippen molar-refractivity contribution < 1.29 is 23.1 Å². The Labute approximate surface area is 239 Å². The van der Waals surface area contributed by atoms with E-state index in [9.17, 15) is 9.59 Å². The molecular weight excluding hydrogens is 541 g/mol. The maximum absolute atomic E-state index is 15.2. The third-order valence-corrected chi connectivity index (χ3v) is 6.57. The van der Waals surface area contributed by atoms with E-state index in [-0.39, 0.29) is 11.6 Å². The Bertz CT molecular complexity index is 1750. The summed E-state index contributed by atoms with van der Waals surface area (Å²) in [6, 6.07) is 15.8. The van der Waals surface area contributed by atoms with E-state index in [0.29, 0.717) is 71.7 Å². The van der Waals surface area contributed by atoms with Gasteiger partial charge in [0.25, 0.3) is 0 Å².